The van der Waals surface area contributed by atoms with Gasteiger partial charge in [-0.25, -0.2) is 0 Å². The van der Waals surface area contributed by atoms with Crippen molar-refractivity contribution in [1.29, 1.82) is 0 Å². The molecule has 2 fully saturated rings. The molecule has 1 saturated heterocycles. The molecule has 2 aliphatic carbocycles. The lowest BCUT2D eigenvalue weighted by atomic mass is 9.78. The Bertz CT molecular complexity index is 611. The lowest BCUT2D eigenvalue weighted by Crippen LogP contribution is -2.49. The summed E-state index contributed by atoms with van der Waals surface area (Å²) in [5.74, 6) is 2.15. The van der Waals surface area contributed by atoms with Gasteiger partial charge in [0.25, 0.3) is 5.91 Å². The summed E-state index contributed by atoms with van der Waals surface area (Å²) in [6, 6.07) is 8.81. The van der Waals surface area contributed by atoms with Crippen LogP contribution in [0.4, 0.5) is 0 Å². The predicted octanol–water partition coefficient (Wildman–Crippen LogP) is 2.65. The Hall–Kier alpha value is -1.00. The third-order valence-corrected chi connectivity index (χ3v) is 7.09. The molecule has 1 spiro atoms. The fraction of sp³-hybridized carbons (Fsp3) is 0.632. The molecule has 1 aliphatic heterocycles. The minimum Gasteiger partial charge on any atom is -0.380 e. The molecule has 2 atom stereocenters. The summed E-state index contributed by atoms with van der Waals surface area (Å²) < 4.78 is 0. The van der Waals surface area contributed by atoms with E-state index < -0.39 is 5.60 Å². The van der Waals surface area contributed by atoms with Gasteiger partial charge in [-0.05, 0) is 67.1 Å². The number of thioether (sulfide) groups is 1. The largest absolute Gasteiger partial charge is 0.380 e. The van der Waals surface area contributed by atoms with Gasteiger partial charge in [-0.15, -0.1) is 0 Å². The van der Waals surface area contributed by atoms with Crippen LogP contribution in [0.1, 0.15) is 43.2 Å². The molecule has 1 saturated carbocycles. The molecule has 0 bridgehead atoms. The fourth-order valence-electron chi connectivity index (χ4n) is 4.55. The van der Waals surface area contributed by atoms with Crippen molar-refractivity contribution < 1.29 is 9.90 Å². The summed E-state index contributed by atoms with van der Waals surface area (Å²) in [6.45, 7) is 0.711. The summed E-state index contributed by atoms with van der Waals surface area (Å²) in [5, 5.41) is 13.6. The van der Waals surface area contributed by atoms with Gasteiger partial charge in [-0.3, -0.25) is 4.79 Å². The number of amides is 1. The van der Waals surface area contributed by atoms with Gasteiger partial charge in [0.2, 0.25) is 0 Å². The van der Waals surface area contributed by atoms with Crippen molar-refractivity contribution in [1.82, 2.24) is 5.32 Å². The van der Waals surface area contributed by atoms with Gasteiger partial charge in [-0.2, -0.15) is 11.8 Å². The Labute approximate surface area is 142 Å². The summed E-state index contributed by atoms with van der Waals surface area (Å²) in [5.41, 5.74) is 2.18. The summed E-state index contributed by atoms with van der Waals surface area (Å²) in [4.78, 5) is 12.4. The van der Waals surface area contributed by atoms with Gasteiger partial charge in [0.05, 0.1) is 0 Å². The number of carbonyl (C=O) groups is 1. The second-order valence-electron chi connectivity index (χ2n) is 7.42. The molecule has 1 aromatic rings. The van der Waals surface area contributed by atoms with E-state index in [-0.39, 0.29) is 5.91 Å². The van der Waals surface area contributed by atoms with Crippen LogP contribution in [0.5, 0.6) is 0 Å². The topological polar surface area (TPSA) is 49.3 Å². The molecule has 0 aromatic heterocycles. The molecular formula is C19H25NO2S. The zero-order chi connectivity index (χ0) is 15.9. The number of nitrogens with one attached hydrogen (secondary N) is 1. The van der Waals surface area contributed by atoms with Crippen LogP contribution in [-0.2, 0) is 16.6 Å². The number of hydrogen-bond acceptors (Lipinski definition) is 3. The lowest BCUT2D eigenvalue weighted by molar-refractivity contribution is -0.140. The maximum atomic E-state index is 12.4. The molecule has 3 nitrogen and oxygen atoms in total. The molecule has 1 heterocycles. The highest BCUT2D eigenvalue weighted by Gasteiger charge is 2.56. The van der Waals surface area contributed by atoms with Crippen molar-refractivity contribution in [2.45, 2.75) is 49.5 Å². The van der Waals surface area contributed by atoms with Gasteiger partial charge >= 0.3 is 0 Å². The van der Waals surface area contributed by atoms with Crippen LogP contribution in [0.15, 0.2) is 24.3 Å². The molecular weight excluding hydrogens is 306 g/mol. The van der Waals surface area contributed by atoms with E-state index >= 15 is 0 Å². The van der Waals surface area contributed by atoms with E-state index in [1.807, 2.05) is 11.8 Å². The first-order valence-corrected chi connectivity index (χ1v) is 9.96. The van der Waals surface area contributed by atoms with E-state index in [1.54, 1.807) is 0 Å². The fourth-order valence-corrected chi connectivity index (χ4v) is 5.72. The summed E-state index contributed by atoms with van der Waals surface area (Å²) in [6.07, 6.45) is 6.03. The molecule has 1 amide bonds. The molecule has 23 heavy (non-hydrogen) atoms. The lowest BCUT2D eigenvalue weighted by Gasteiger charge is -2.31. The molecule has 124 valence electrons. The standard InChI is InChI=1S/C19H25NO2S/c21-17(19(22)8-10-23-11-9-19)20-13-15-12-18(15)7-3-5-14-4-1-2-6-16(14)18/h1-2,4,6,15,22H,3,5,7-13H2,(H,20,21). The molecule has 2 unspecified atom stereocenters. The number of carbonyl (C=O) groups excluding carboxylic acids is 1. The first-order valence-electron chi connectivity index (χ1n) is 8.81. The highest BCUT2D eigenvalue weighted by atomic mass is 32.2. The number of aliphatic hydroxyl groups is 1. The zero-order valence-corrected chi connectivity index (χ0v) is 14.3. The van der Waals surface area contributed by atoms with Gasteiger partial charge in [-0.1, -0.05) is 24.3 Å². The van der Waals surface area contributed by atoms with Crippen molar-refractivity contribution in [2.75, 3.05) is 18.1 Å². The van der Waals surface area contributed by atoms with Gasteiger partial charge in [0, 0.05) is 12.0 Å². The SMILES string of the molecule is O=C(NCC1CC12CCCc1ccccc12)C1(O)CCSCC1. The van der Waals surface area contributed by atoms with Crippen LogP contribution < -0.4 is 5.32 Å². The second kappa shape index (κ2) is 5.82. The second-order valence-corrected chi connectivity index (χ2v) is 8.65. The first kappa shape index (κ1) is 15.5. The monoisotopic (exact) mass is 331 g/mol. The highest BCUT2D eigenvalue weighted by molar-refractivity contribution is 7.99. The Kier molecular flexibility index (Phi) is 3.93. The Morgan fingerprint density at radius 3 is 2.87 bits per heavy atom. The number of benzene rings is 1. The minimum absolute atomic E-state index is 0.149. The maximum Gasteiger partial charge on any atom is 0.252 e. The molecule has 0 radical (unpaired) electrons. The van der Waals surface area contributed by atoms with Crippen molar-refractivity contribution in [3.63, 3.8) is 0 Å². The zero-order valence-electron chi connectivity index (χ0n) is 13.5. The number of fused-ring (bicyclic) bond motifs is 2. The van der Waals surface area contributed by atoms with Crippen LogP contribution >= 0.6 is 11.8 Å². The van der Waals surface area contributed by atoms with Crippen LogP contribution in [0.25, 0.3) is 0 Å². The first-order chi connectivity index (χ1) is 11.1. The van der Waals surface area contributed by atoms with E-state index in [0.717, 1.165) is 11.5 Å². The molecule has 4 heteroatoms. The maximum absolute atomic E-state index is 12.4. The van der Waals surface area contributed by atoms with Gasteiger partial charge in [0.15, 0.2) is 0 Å². The van der Waals surface area contributed by atoms with Crippen LogP contribution in [0, 0.1) is 5.92 Å². The van der Waals surface area contributed by atoms with Gasteiger partial charge in [0.1, 0.15) is 5.60 Å². The summed E-state index contributed by atoms with van der Waals surface area (Å²) >= 11 is 1.82. The predicted molar refractivity (Wildman–Crippen MR) is 93.7 cm³/mol. The van der Waals surface area contributed by atoms with E-state index in [9.17, 15) is 9.90 Å². The summed E-state index contributed by atoms with van der Waals surface area (Å²) in [7, 11) is 0. The van der Waals surface area contributed by atoms with E-state index in [1.165, 1.54) is 36.8 Å². The third kappa shape index (κ3) is 2.70. The normalized spacial score (nSPS) is 31.4. The van der Waals surface area contributed by atoms with Crippen molar-refractivity contribution in [3.8, 4) is 0 Å². The van der Waals surface area contributed by atoms with E-state index in [2.05, 4.69) is 29.6 Å². The number of hydrogen-bond donors (Lipinski definition) is 2. The number of aryl methyl sites for hydroxylation is 1. The van der Waals surface area contributed by atoms with Gasteiger partial charge < -0.3 is 10.4 Å². The molecule has 4 rings (SSSR count). The minimum atomic E-state index is -1.13. The molecule has 2 N–H and O–H groups in total. The smallest absolute Gasteiger partial charge is 0.252 e. The van der Waals surface area contributed by atoms with Crippen LogP contribution in [-0.4, -0.2) is 34.7 Å². The van der Waals surface area contributed by atoms with Crippen molar-refractivity contribution in [3.05, 3.63) is 35.4 Å². The third-order valence-electron chi connectivity index (χ3n) is 6.11. The van der Waals surface area contributed by atoms with Crippen molar-refractivity contribution in [2.24, 2.45) is 5.92 Å². The Morgan fingerprint density at radius 1 is 1.26 bits per heavy atom. The molecule has 3 aliphatic rings. The molecule has 1 aromatic carbocycles. The quantitative estimate of drug-likeness (QED) is 0.895. The highest BCUT2D eigenvalue weighted by Crippen LogP contribution is 2.59. The average molecular weight is 331 g/mol. The number of rotatable bonds is 3. The Morgan fingerprint density at radius 2 is 2.04 bits per heavy atom. The van der Waals surface area contributed by atoms with E-state index in [0.29, 0.717) is 30.7 Å². The van der Waals surface area contributed by atoms with Crippen LogP contribution in [0.2, 0.25) is 0 Å². The Balaban J connectivity index is 1.40. The average Bonchev–Trinajstić information content (AvgIpc) is 3.27. The van der Waals surface area contributed by atoms with Crippen molar-refractivity contribution >= 4 is 17.7 Å². The van der Waals surface area contributed by atoms with E-state index in [4.69, 9.17) is 0 Å². The van der Waals surface area contributed by atoms with Crippen LogP contribution in [0.3, 0.4) is 0 Å².